The molecule has 102 valence electrons. The third kappa shape index (κ3) is 3.06. The van der Waals surface area contributed by atoms with Crippen molar-refractivity contribution >= 4 is 5.84 Å². The molecule has 1 unspecified atom stereocenters. The molecule has 0 spiro atoms. The minimum absolute atomic E-state index is 0.425. The standard InChI is InChI=1S/C14H18N2O3/c1-3-5-8-17-10-6-7-11-12(9-10)13(15)16-14(11)19-18-4-2/h4,6-7,9,14H,2-3,5,8H2,1H3,(H2,15,16). The first kappa shape index (κ1) is 13.4. The molecule has 1 aromatic rings. The predicted octanol–water partition coefficient (Wildman–Crippen LogP) is 2.67. The fraction of sp³-hybridized carbons (Fsp3) is 0.357. The molecular formula is C14H18N2O3. The molecule has 1 aliphatic heterocycles. The smallest absolute Gasteiger partial charge is 0.222 e. The second kappa shape index (κ2) is 6.24. The number of hydrogen-bond acceptors (Lipinski definition) is 5. The average molecular weight is 262 g/mol. The van der Waals surface area contributed by atoms with Crippen molar-refractivity contribution in [1.82, 2.24) is 0 Å². The van der Waals surface area contributed by atoms with Crippen LogP contribution >= 0.6 is 0 Å². The Labute approximate surface area is 112 Å². The van der Waals surface area contributed by atoms with E-state index in [1.807, 2.05) is 18.2 Å². The highest BCUT2D eigenvalue weighted by Crippen LogP contribution is 2.32. The van der Waals surface area contributed by atoms with Gasteiger partial charge in [-0.15, -0.1) is 0 Å². The lowest BCUT2D eigenvalue weighted by Crippen LogP contribution is -2.10. The molecule has 5 nitrogen and oxygen atoms in total. The van der Waals surface area contributed by atoms with Crippen LogP contribution < -0.4 is 10.5 Å². The number of benzene rings is 1. The van der Waals surface area contributed by atoms with Crippen LogP contribution in [0.2, 0.25) is 0 Å². The molecule has 19 heavy (non-hydrogen) atoms. The molecule has 0 radical (unpaired) electrons. The lowest BCUT2D eigenvalue weighted by molar-refractivity contribution is -0.283. The zero-order chi connectivity index (χ0) is 13.7. The highest BCUT2D eigenvalue weighted by atomic mass is 17.2. The van der Waals surface area contributed by atoms with Crippen molar-refractivity contribution in [2.75, 3.05) is 6.61 Å². The maximum Gasteiger partial charge on any atom is 0.222 e. The molecule has 0 saturated carbocycles. The molecule has 1 aromatic carbocycles. The summed E-state index contributed by atoms with van der Waals surface area (Å²) in [5, 5.41) is 0. The predicted molar refractivity (Wildman–Crippen MR) is 72.7 cm³/mol. The van der Waals surface area contributed by atoms with Crippen molar-refractivity contribution in [1.29, 1.82) is 0 Å². The normalized spacial score (nSPS) is 16.7. The Balaban J connectivity index is 2.10. The second-order valence-electron chi connectivity index (χ2n) is 4.18. The molecular weight excluding hydrogens is 244 g/mol. The fourth-order valence-corrected chi connectivity index (χ4v) is 1.83. The van der Waals surface area contributed by atoms with Gasteiger partial charge in [0, 0.05) is 11.1 Å². The molecule has 2 rings (SSSR count). The van der Waals surface area contributed by atoms with Crippen LogP contribution in [0.25, 0.3) is 0 Å². The van der Waals surface area contributed by atoms with Crippen molar-refractivity contribution in [2.24, 2.45) is 10.7 Å². The van der Waals surface area contributed by atoms with Crippen LogP contribution in [0.5, 0.6) is 5.75 Å². The molecule has 0 aliphatic carbocycles. The molecule has 0 aromatic heterocycles. The van der Waals surface area contributed by atoms with Gasteiger partial charge in [-0.05, 0) is 24.6 Å². The van der Waals surface area contributed by atoms with Gasteiger partial charge >= 0.3 is 0 Å². The lowest BCUT2D eigenvalue weighted by Gasteiger charge is -2.10. The molecule has 1 aliphatic rings. The van der Waals surface area contributed by atoms with E-state index in [9.17, 15) is 0 Å². The molecule has 0 amide bonds. The van der Waals surface area contributed by atoms with Gasteiger partial charge in [-0.1, -0.05) is 19.9 Å². The summed E-state index contributed by atoms with van der Waals surface area (Å²) in [6.07, 6.45) is 2.78. The Morgan fingerprint density at radius 1 is 1.47 bits per heavy atom. The molecule has 0 saturated heterocycles. The van der Waals surface area contributed by atoms with E-state index in [1.165, 1.54) is 6.26 Å². The first-order valence-corrected chi connectivity index (χ1v) is 6.29. The number of fused-ring (bicyclic) bond motifs is 1. The van der Waals surface area contributed by atoms with Gasteiger partial charge in [-0.3, -0.25) is 0 Å². The van der Waals surface area contributed by atoms with Gasteiger partial charge in [-0.25, -0.2) is 4.99 Å². The monoisotopic (exact) mass is 262 g/mol. The van der Waals surface area contributed by atoms with Crippen LogP contribution in [-0.2, 0) is 9.78 Å². The maximum atomic E-state index is 5.87. The molecule has 5 heteroatoms. The van der Waals surface area contributed by atoms with Crippen molar-refractivity contribution in [3.63, 3.8) is 0 Å². The Bertz CT molecular complexity index is 486. The number of amidine groups is 1. The van der Waals surface area contributed by atoms with Gasteiger partial charge < -0.3 is 15.4 Å². The van der Waals surface area contributed by atoms with Crippen molar-refractivity contribution in [2.45, 2.75) is 26.0 Å². The van der Waals surface area contributed by atoms with Crippen LogP contribution in [0.3, 0.4) is 0 Å². The van der Waals surface area contributed by atoms with Crippen molar-refractivity contribution in [3.8, 4) is 5.75 Å². The third-order valence-corrected chi connectivity index (χ3v) is 2.80. The van der Waals surface area contributed by atoms with E-state index in [2.05, 4.69) is 18.5 Å². The summed E-state index contributed by atoms with van der Waals surface area (Å²) in [7, 11) is 0. The van der Waals surface area contributed by atoms with E-state index in [0.717, 1.165) is 29.7 Å². The summed E-state index contributed by atoms with van der Waals surface area (Å²) in [6.45, 7) is 6.23. The summed E-state index contributed by atoms with van der Waals surface area (Å²) < 4.78 is 5.64. The summed E-state index contributed by atoms with van der Waals surface area (Å²) in [5.74, 6) is 1.21. The second-order valence-corrected chi connectivity index (χ2v) is 4.18. The van der Waals surface area contributed by atoms with Gasteiger partial charge in [0.25, 0.3) is 0 Å². The Hall–Kier alpha value is -2.01. The number of aliphatic imine (C=N–C) groups is 1. The van der Waals surface area contributed by atoms with Crippen molar-refractivity contribution < 1.29 is 14.5 Å². The molecule has 2 N–H and O–H groups in total. The first-order valence-electron chi connectivity index (χ1n) is 6.29. The van der Waals surface area contributed by atoms with Crippen molar-refractivity contribution in [3.05, 3.63) is 42.2 Å². The number of hydrogen-bond donors (Lipinski definition) is 1. The summed E-state index contributed by atoms with van der Waals surface area (Å²) in [4.78, 5) is 13.9. The zero-order valence-electron chi connectivity index (χ0n) is 11.0. The SMILES string of the molecule is C=COOC1N=C(N)c2cc(OCCCC)ccc21. The highest BCUT2D eigenvalue weighted by molar-refractivity contribution is 6.01. The molecule has 0 bridgehead atoms. The number of unbranched alkanes of at least 4 members (excludes halogenated alkanes) is 1. The maximum absolute atomic E-state index is 5.87. The van der Waals surface area contributed by atoms with E-state index in [-0.39, 0.29) is 0 Å². The summed E-state index contributed by atoms with van der Waals surface area (Å²) >= 11 is 0. The van der Waals surface area contributed by atoms with E-state index < -0.39 is 6.23 Å². The third-order valence-electron chi connectivity index (χ3n) is 2.80. The van der Waals surface area contributed by atoms with Crippen LogP contribution in [0.4, 0.5) is 0 Å². The minimum Gasteiger partial charge on any atom is -0.494 e. The van der Waals surface area contributed by atoms with E-state index >= 15 is 0 Å². The first-order chi connectivity index (χ1) is 9.26. The number of rotatable bonds is 7. The largest absolute Gasteiger partial charge is 0.494 e. The summed E-state index contributed by atoms with van der Waals surface area (Å²) in [5.41, 5.74) is 7.55. The molecule has 1 atom stereocenters. The van der Waals surface area contributed by atoms with Crippen LogP contribution in [-0.4, -0.2) is 12.4 Å². The Morgan fingerprint density at radius 3 is 3.05 bits per heavy atom. The van der Waals surface area contributed by atoms with Crippen LogP contribution in [0.1, 0.15) is 37.1 Å². The van der Waals surface area contributed by atoms with Gasteiger partial charge in [0.1, 0.15) is 17.8 Å². The van der Waals surface area contributed by atoms with E-state index in [1.54, 1.807) is 0 Å². The van der Waals surface area contributed by atoms with E-state index in [4.69, 9.17) is 20.2 Å². The number of ether oxygens (including phenoxy) is 1. The lowest BCUT2D eigenvalue weighted by atomic mass is 10.1. The van der Waals surface area contributed by atoms with Gasteiger partial charge in [-0.2, -0.15) is 4.89 Å². The molecule has 0 fully saturated rings. The Morgan fingerprint density at radius 2 is 2.32 bits per heavy atom. The van der Waals surface area contributed by atoms with Crippen LogP contribution in [0.15, 0.2) is 36.0 Å². The highest BCUT2D eigenvalue weighted by Gasteiger charge is 2.25. The Kier molecular flexibility index (Phi) is 4.41. The quantitative estimate of drug-likeness (QED) is 0.355. The van der Waals surface area contributed by atoms with E-state index in [0.29, 0.717) is 12.4 Å². The topological polar surface area (TPSA) is 66.1 Å². The van der Waals surface area contributed by atoms with Gasteiger partial charge in [0.05, 0.1) is 6.61 Å². The number of nitrogens with two attached hydrogens (primary N) is 1. The summed E-state index contributed by atoms with van der Waals surface area (Å²) in [6, 6.07) is 5.64. The average Bonchev–Trinajstić information content (AvgIpc) is 2.73. The van der Waals surface area contributed by atoms with Crippen LogP contribution in [0, 0.1) is 0 Å². The fourth-order valence-electron chi connectivity index (χ4n) is 1.83. The number of nitrogens with zero attached hydrogens (tertiary/aromatic N) is 1. The molecule has 1 heterocycles. The van der Waals surface area contributed by atoms with Gasteiger partial charge in [0.2, 0.25) is 6.23 Å². The minimum atomic E-state index is -0.544. The zero-order valence-corrected chi connectivity index (χ0v) is 11.0. The van der Waals surface area contributed by atoms with Gasteiger partial charge in [0.15, 0.2) is 0 Å².